The highest BCUT2D eigenvalue weighted by Crippen LogP contribution is 2.27. The molecule has 0 bridgehead atoms. The van der Waals surface area contributed by atoms with Crippen LogP contribution in [0.3, 0.4) is 0 Å². The van der Waals surface area contributed by atoms with E-state index in [1.807, 2.05) is 0 Å². The van der Waals surface area contributed by atoms with E-state index < -0.39 is 0 Å². The van der Waals surface area contributed by atoms with Crippen LogP contribution >= 0.6 is 15.9 Å². The van der Waals surface area contributed by atoms with Crippen LogP contribution in [0.25, 0.3) is 0 Å². The first-order valence-electron chi connectivity index (χ1n) is 4.91. The van der Waals surface area contributed by atoms with Gasteiger partial charge in [0.15, 0.2) is 0 Å². The van der Waals surface area contributed by atoms with E-state index in [0.29, 0.717) is 5.82 Å². The van der Waals surface area contributed by atoms with E-state index >= 15 is 0 Å². The molecule has 0 aliphatic carbocycles. The molecule has 1 aromatic heterocycles. The number of nitrogen functional groups attached to an aromatic ring is 1. The van der Waals surface area contributed by atoms with Crippen LogP contribution in [0.4, 0.5) is 5.82 Å². The summed E-state index contributed by atoms with van der Waals surface area (Å²) >= 11 is 3.38. The van der Waals surface area contributed by atoms with Crippen LogP contribution in [-0.2, 0) is 4.74 Å². The molecule has 1 aliphatic rings. The van der Waals surface area contributed by atoms with Crippen molar-refractivity contribution in [1.29, 1.82) is 0 Å². The third-order valence-electron chi connectivity index (χ3n) is 2.30. The first kappa shape index (κ1) is 10.7. The SMILES string of the molecule is Nc1cc(OC2CCOCC2)c(Br)cn1. The summed E-state index contributed by atoms with van der Waals surface area (Å²) in [5, 5.41) is 0. The first-order valence-corrected chi connectivity index (χ1v) is 5.70. The molecule has 0 saturated carbocycles. The molecule has 5 heteroatoms. The molecule has 82 valence electrons. The van der Waals surface area contributed by atoms with Gasteiger partial charge in [-0.05, 0) is 15.9 Å². The van der Waals surface area contributed by atoms with Gasteiger partial charge in [-0.3, -0.25) is 0 Å². The number of rotatable bonds is 2. The average molecular weight is 273 g/mol. The van der Waals surface area contributed by atoms with Crippen molar-refractivity contribution < 1.29 is 9.47 Å². The van der Waals surface area contributed by atoms with Crippen molar-refractivity contribution in [2.75, 3.05) is 18.9 Å². The molecule has 0 radical (unpaired) electrons. The topological polar surface area (TPSA) is 57.4 Å². The standard InChI is InChI=1S/C10H13BrN2O2/c11-8-6-13-10(12)5-9(8)15-7-1-3-14-4-2-7/h5-7H,1-4H2,(H2,12,13). The molecule has 1 saturated heterocycles. The molecular weight excluding hydrogens is 260 g/mol. The molecule has 1 aliphatic heterocycles. The normalized spacial score (nSPS) is 17.7. The maximum absolute atomic E-state index is 5.82. The van der Waals surface area contributed by atoms with E-state index in [2.05, 4.69) is 20.9 Å². The lowest BCUT2D eigenvalue weighted by Gasteiger charge is -2.23. The van der Waals surface area contributed by atoms with Crippen molar-refractivity contribution in [3.63, 3.8) is 0 Å². The Morgan fingerprint density at radius 3 is 2.93 bits per heavy atom. The first-order chi connectivity index (χ1) is 7.25. The lowest BCUT2D eigenvalue weighted by atomic mass is 10.1. The number of anilines is 1. The van der Waals surface area contributed by atoms with Crippen molar-refractivity contribution >= 4 is 21.7 Å². The van der Waals surface area contributed by atoms with Gasteiger partial charge in [0, 0.05) is 25.1 Å². The minimum atomic E-state index is 0.219. The van der Waals surface area contributed by atoms with E-state index in [-0.39, 0.29) is 6.10 Å². The second-order valence-electron chi connectivity index (χ2n) is 3.47. The highest BCUT2D eigenvalue weighted by Gasteiger charge is 2.16. The van der Waals surface area contributed by atoms with Crippen molar-refractivity contribution in [1.82, 2.24) is 4.98 Å². The number of hydrogen-bond donors (Lipinski definition) is 1. The van der Waals surface area contributed by atoms with Gasteiger partial charge in [-0.15, -0.1) is 0 Å². The summed E-state index contributed by atoms with van der Waals surface area (Å²) in [4.78, 5) is 3.96. The Kier molecular flexibility index (Phi) is 3.43. The summed E-state index contributed by atoms with van der Waals surface area (Å²) in [6, 6.07) is 1.74. The molecule has 2 rings (SSSR count). The summed E-state index contributed by atoms with van der Waals surface area (Å²) in [7, 11) is 0. The van der Waals surface area contributed by atoms with E-state index in [4.69, 9.17) is 15.2 Å². The number of ether oxygens (including phenoxy) is 2. The summed E-state index contributed by atoms with van der Waals surface area (Å²) < 4.78 is 11.9. The Morgan fingerprint density at radius 2 is 2.20 bits per heavy atom. The van der Waals surface area contributed by atoms with Crippen LogP contribution in [0.5, 0.6) is 5.75 Å². The van der Waals surface area contributed by atoms with Gasteiger partial charge in [-0.25, -0.2) is 4.98 Å². The van der Waals surface area contributed by atoms with E-state index in [0.717, 1.165) is 36.3 Å². The van der Waals surface area contributed by atoms with E-state index in [1.165, 1.54) is 0 Å². The molecule has 2 N–H and O–H groups in total. The highest BCUT2D eigenvalue weighted by atomic mass is 79.9. The van der Waals surface area contributed by atoms with Gasteiger partial charge >= 0.3 is 0 Å². The van der Waals surface area contributed by atoms with Crippen LogP contribution in [0.15, 0.2) is 16.7 Å². The fourth-order valence-corrected chi connectivity index (χ4v) is 1.81. The Balaban J connectivity index is 2.05. The third kappa shape index (κ3) is 2.82. The third-order valence-corrected chi connectivity index (χ3v) is 2.90. The highest BCUT2D eigenvalue weighted by molar-refractivity contribution is 9.10. The summed E-state index contributed by atoms with van der Waals surface area (Å²) in [6.07, 6.45) is 3.73. The average Bonchev–Trinajstić information content (AvgIpc) is 2.25. The minimum absolute atomic E-state index is 0.219. The number of nitrogens with two attached hydrogens (primary N) is 1. The van der Waals surface area contributed by atoms with Gasteiger partial charge in [-0.1, -0.05) is 0 Å². The van der Waals surface area contributed by atoms with Crippen LogP contribution in [-0.4, -0.2) is 24.3 Å². The molecule has 0 spiro atoms. The second-order valence-corrected chi connectivity index (χ2v) is 4.32. The number of aromatic nitrogens is 1. The molecule has 0 aromatic carbocycles. The molecule has 1 aromatic rings. The predicted octanol–water partition coefficient (Wildman–Crippen LogP) is 1.98. The fraction of sp³-hybridized carbons (Fsp3) is 0.500. The molecular formula is C10H13BrN2O2. The summed E-state index contributed by atoms with van der Waals surface area (Å²) in [6.45, 7) is 1.53. The van der Waals surface area contributed by atoms with Crippen LogP contribution < -0.4 is 10.5 Å². The zero-order chi connectivity index (χ0) is 10.7. The Hall–Kier alpha value is -0.810. The largest absolute Gasteiger partial charge is 0.489 e. The van der Waals surface area contributed by atoms with Crippen molar-refractivity contribution in [3.8, 4) is 5.75 Å². The summed E-state index contributed by atoms with van der Waals surface area (Å²) in [5.74, 6) is 1.23. The van der Waals surface area contributed by atoms with Gasteiger partial charge in [0.2, 0.25) is 0 Å². The predicted molar refractivity (Wildman–Crippen MR) is 60.8 cm³/mol. The number of pyridine rings is 1. The Labute approximate surface area is 96.9 Å². The van der Waals surface area contributed by atoms with Gasteiger partial charge in [0.1, 0.15) is 17.7 Å². The summed E-state index contributed by atoms with van der Waals surface area (Å²) in [5.41, 5.74) is 5.60. The molecule has 0 atom stereocenters. The molecule has 0 unspecified atom stereocenters. The number of halogens is 1. The lowest BCUT2D eigenvalue weighted by molar-refractivity contribution is 0.0252. The van der Waals surface area contributed by atoms with Crippen LogP contribution in [0.2, 0.25) is 0 Å². The van der Waals surface area contributed by atoms with E-state index in [1.54, 1.807) is 12.3 Å². The molecule has 1 fully saturated rings. The van der Waals surface area contributed by atoms with E-state index in [9.17, 15) is 0 Å². The van der Waals surface area contributed by atoms with Gasteiger partial charge in [0.25, 0.3) is 0 Å². The van der Waals surface area contributed by atoms with Crippen LogP contribution in [0, 0.1) is 0 Å². The fourth-order valence-electron chi connectivity index (χ4n) is 1.50. The second kappa shape index (κ2) is 4.81. The zero-order valence-electron chi connectivity index (χ0n) is 8.28. The number of hydrogen-bond acceptors (Lipinski definition) is 4. The smallest absolute Gasteiger partial charge is 0.139 e. The minimum Gasteiger partial charge on any atom is -0.489 e. The van der Waals surface area contributed by atoms with Crippen molar-refractivity contribution in [3.05, 3.63) is 16.7 Å². The quantitative estimate of drug-likeness (QED) is 0.895. The van der Waals surface area contributed by atoms with Gasteiger partial charge < -0.3 is 15.2 Å². The molecule has 15 heavy (non-hydrogen) atoms. The number of nitrogens with zero attached hydrogens (tertiary/aromatic N) is 1. The van der Waals surface area contributed by atoms with Crippen molar-refractivity contribution in [2.45, 2.75) is 18.9 Å². The maximum Gasteiger partial charge on any atom is 0.139 e. The zero-order valence-corrected chi connectivity index (χ0v) is 9.87. The molecule has 4 nitrogen and oxygen atoms in total. The van der Waals surface area contributed by atoms with Crippen molar-refractivity contribution in [2.24, 2.45) is 0 Å². The molecule has 2 heterocycles. The lowest BCUT2D eigenvalue weighted by Crippen LogP contribution is -2.26. The monoisotopic (exact) mass is 272 g/mol. The molecule has 0 amide bonds. The van der Waals surface area contributed by atoms with Gasteiger partial charge in [-0.2, -0.15) is 0 Å². The van der Waals surface area contributed by atoms with Gasteiger partial charge in [0.05, 0.1) is 17.7 Å². The van der Waals surface area contributed by atoms with Crippen LogP contribution in [0.1, 0.15) is 12.8 Å². The Morgan fingerprint density at radius 1 is 1.47 bits per heavy atom. The maximum atomic E-state index is 5.82. The Bertz CT molecular complexity index is 340.